The first kappa shape index (κ1) is 11.8. The molecule has 1 aliphatic carbocycles. The highest BCUT2D eigenvalue weighted by Crippen LogP contribution is 2.41. The Morgan fingerprint density at radius 3 is 2.79 bits per heavy atom. The van der Waals surface area contributed by atoms with Crippen LogP contribution in [0.25, 0.3) is 11.4 Å². The molecule has 5 nitrogen and oxygen atoms in total. The lowest BCUT2D eigenvalue weighted by molar-refractivity contribution is 0.0694. The van der Waals surface area contributed by atoms with E-state index in [1.807, 2.05) is 13.0 Å². The number of pyridine rings is 1. The molecule has 1 aliphatic rings. The molecule has 0 saturated heterocycles. The standard InChI is InChI=1S/C14H13N3O2/c1-8-6-15-5-4-10(8)13-16-7-11(14(18)19)12(17-13)9-2-3-9/h4-7,9H,2-3H2,1H3,(H,18,19). The van der Waals surface area contributed by atoms with Gasteiger partial charge in [0, 0.05) is 30.1 Å². The van der Waals surface area contributed by atoms with Gasteiger partial charge in [-0.3, -0.25) is 4.98 Å². The molecule has 3 rings (SSSR count). The molecule has 2 heterocycles. The fraction of sp³-hybridized carbons (Fsp3) is 0.286. The van der Waals surface area contributed by atoms with E-state index in [1.165, 1.54) is 6.20 Å². The zero-order chi connectivity index (χ0) is 13.4. The summed E-state index contributed by atoms with van der Waals surface area (Å²) in [6.45, 7) is 1.94. The SMILES string of the molecule is Cc1cnccc1-c1ncc(C(=O)O)c(C2CC2)n1. The molecular weight excluding hydrogens is 242 g/mol. The Bertz CT molecular complexity index is 651. The molecule has 2 aromatic rings. The van der Waals surface area contributed by atoms with Crippen molar-refractivity contribution in [2.75, 3.05) is 0 Å². The molecule has 0 amide bonds. The summed E-state index contributed by atoms with van der Waals surface area (Å²) < 4.78 is 0. The molecule has 0 atom stereocenters. The Balaban J connectivity index is 2.11. The van der Waals surface area contributed by atoms with Crippen molar-refractivity contribution in [1.29, 1.82) is 0 Å². The largest absolute Gasteiger partial charge is 0.478 e. The van der Waals surface area contributed by atoms with Crippen molar-refractivity contribution in [2.45, 2.75) is 25.7 Å². The van der Waals surface area contributed by atoms with Crippen molar-refractivity contribution in [2.24, 2.45) is 0 Å². The first-order valence-corrected chi connectivity index (χ1v) is 6.18. The third-order valence-corrected chi connectivity index (χ3v) is 3.27. The van der Waals surface area contributed by atoms with Gasteiger partial charge in [0.2, 0.25) is 0 Å². The molecular formula is C14H13N3O2. The molecule has 0 radical (unpaired) electrons. The van der Waals surface area contributed by atoms with Gasteiger partial charge >= 0.3 is 5.97 Å². The van der Waals surface area contributed by atoms with Crippen molar-refractivity contribution in [3.05, 3.63) is 41.5 Å². The molecule has 0 aliphatic heterocycles. The predicted molar refractivity (Wildman–Crippen MR) is 68.9 cm³/mol. The molecule has 0 spiro atoms. The number of carboxylic acid groups (broad SMARTS) is 1. The number of nitrogens with zero attached hydrogens (tertiary/aromatic N) is 3. The van der Waals surface area contributed by atoms with E-state index in [0.717, 1.165) is 24.0 Å². The van der Waals surface area contributed by atoms with Gasteiger partial charge in [-0.2, -0.15) is 0 Å². The molecule has 1 N–H and O–H groups in total. The molecule has 1 fully saturated rings. The van der Waals surface area contributed by atoms with Crippen LogP contribution in [0.5, 0.6) is 0 Å². The first-order chi connectivity index (χ1) is 9.16. The van der Waals surface area contributed by atoms with Crippen LogP contribution in [0.2, 0.25) is 0 Å². The number of carbonyl (C=O) groups is 1. The van der Waals surface area contributed by atoms with E-state index in [1.54, 1.807) is 12.4 Å². The second-order valence-electron chi connectivity index (χ2n) is 4.76. The summed E-state index contributed by atoms with van der Waals surface area (Å²) in [7, 11) is 0. The number of aryl methyl sites for hydroxylation is 1. The van der Waals surface area contributed by atoms with Crippen molar-refractivity contribution in [3.63, 3.8) is 0 Å². The Morgan fingerprint density at radius 1 is 1.37 bits per heavy atom. The number of hydrogen-bond acceptors (Lipinski definition) is 4. The summed E-state index contributed by atoms with van der Waals surface area (Å²) in [4.78, 5) is 23.9. The number of rotatable bonds is 3. The summed E-state index contributed by atoms with van der Waals surface area (Å²) in [5.41, 5.74) is 2.76. The van der Waals surface area contributed by atoms with E-state index in [2.05, 4.69) is 15.0 Å². The fourth-order valence-corrected chi connectivity index (χ4v) is 2.08. The van der Waals surface area contributed by atoms with Gasteiger partial charge in [-0.1, -0.05) is 0 Å². The molecule has 0 unspecified atom stereocenters. The fourth-order valence-electron chi connectivity index (χ4n) is 2.08. The van der Waals surface area contributed by atoms with Gasteiger partial charge in [0.25, 0.3) is 0 Å². The minimum Gasteiger partial charge on any atom is -0.478 e. The van der Waals surface area contributed by atoms with Crippen LogP contribution in [0.4, 0.5) is 0 Å². The number of aromatic carboxylic acids is 1. The van der Waals surface area contributed by atoms with Crippen LogP contribution in [0.15, 0.2) is 24.7 Å². The smallest absolute Gasteiger partial charge is 0.339 e. The number of hydrogen-bond donors (Lipinski definition) is 1. The molecule has 5 heteroatoms. The maximum atomic E-state index is 11.2. The number of carboxylic acids is 1. The van der Waals surface area contributed by atoms with Gasteiger partial charge in [-0.25, -0.2) is 14.8 Å². The Morgan fingerprint density at radius 2 is 2.16 bits per heavy atom. The van der Waals surface area contributed by atoms with Crippen LogP contribution in [-0.4, -0.2) is 26.0 Å². The molecule has 0 aromatic carbocycles. The average molecular weight is 255 g/mol. The van der Waals surface area contributed by atoms with E-state index in [0.29, 0.717) is 11.5 Å². The van der Waals surface area contributed by atoms with E-state index in [4.69, 9.17) is 5.11 Å². The van der Waals surface area contributed by atoms with E-state index in [-0.39, 0.29) is 11.5 Å². The minimum absolute atomic E-state index is 0.220. The van der Waals surface area contributed by atoms with Gasteiger partial charge in [-0.05, 0) is 31.4 Å². The van der Waals surface area contributed by atoms with Crippen LogP contribution in [-0.2, 0) is 0 Å². The van der Waals surface area contributed by atoms with Crippen LogP contribution in [0, 0.1) is 6.92 Å². The third kappa shape index (κ3) is 2.19. The summed E-state index contributed by atoms with van der Waals surface area (Å²) in [6.07, 6.45) is 6.87. The molecule has 19 heavy (non-hydrogen) atoms. The van der Waals surface area contributed by atoms with Crippen molar-refractivity contribution >= 4 is 5.97 Å². The summed E-state index contributed by atoms with van der Waals surface area (Å²) >= 11 is 0. The Hall–Kier alpha value is -2.30. The van der Waals surface area contributed by atoms with Crippen molar-refractivity contribution in [3.8, 4) is 11.4 Å². The van der Waals surface area contributed by atoms with Crippen molar-refractivity contribution in [1.82, 2.24) is 15.0 Å². The highest BCUT2D eigenvalue weighted by atomic mass is 16.4. The Kier molecular flexibility index (Phi) is 2.74. The lowest BCUT2D eigenvalue weighted by Gasteiger charge is -2.08. The predicted octanol–water partition coefficient (Wildman–Crippen LogP) is 2.42. The zero-order valence-corrected chi connectivity index (χ0v) is 10.5. The van der Waals surface area contributed by atoms with Crippen molar-refractivity contribution < 1.29 is 9.90 Å². The van der Waals surface area contributed by atoms with Gasteiger partial charge in [0.1, 0.15) is 0 Å². The lowest BCUT2D eigenvalue weighted by Crippen LogP contribution is -2.07. The quantitative estimate of drug-likeness (QED) is 0.911. The first-order valence-electron chi connectivity index (χ1n) is 6.18. The van der Waals surface area contributed by atoms with Crippen LogP contribution in [0.1, 0.15) is 40.4 Å². The van der Waals surface area contributed by atoms with Crippen LogP contribution in [0.3, 0.4) is 0 Å². The second kappa shape index (κ2) is 4.42. The Labute approximate surface area is 110 Å². The van der Waals surface area contributed by atoms with Gasteiger partial charge in [0.15, 0.2) is 5.82 Å². The minimum atomic E-state index is -0.958. The summed E-state index contributed by atoms with van der Waals surface area (Å²) in [5.74, 6) is -0.110. The highest BCUT2D eigenvalue weighted by molar-refractivity contribution is 5.89. The number of aromatic nitrogens is 3. The third-order valence-electron chi connectivity index (χ3n) is 3.27. The topological polar surface area (TPSA) is 76.0 Å². The molecule has 96 valence electrons. The zero-order valence-electron chi connectivity index (χ0n) is 10.5. The van der Waals surface area contributed by atoms with Gasteiger partial charge in [-0.15, -0.1) is 0 Å². The van der Waals surface area contributed by atoms with E-state index >= 15 is 0 Å². The second-order valence-corrected chi connectivity index (χ2v) is 4.76. The molecule has 2 aromatic heterocycles. The van der Waals surface area contributed by atoms with Crippen LogP contribution >= 0.6 is 0 Å². The van der Waals surface area contributed by atoms with E-state index in [9.17, 15) is 4.79 Å². The summed E-state index contributed by atoms with van der Waals surface area (Å²) in [6, 6.07) is 1.85. The molecule has 0 bridgehead atoms. The maximum absolute atomic E-state index is 11.2. The van der Waals surface area contributed by atoms with Crippen LogP contribution < -0.4 is 0 Å². The van der Waals surface area contributed by atoms with Gasteiger partial charge in [0.05, 0.1) is 11.3 Å². The average Bonchev–Trinajstić information content (AvgIpc) is 3.23. The maximum Gasteiger partial charge on any atom is 0.339 e. The monoisotopic (exact) mass is 255 g/mol. The van der Waals surface area contributed by atoms with E-state index < -0.39 is 5.97 Å². The summed E-state index contributed by atoms with van der Waals surface area (Å²) in [5, 5.41) is 9.17. The normalized spacial score (nSPS) is 14.4. The van der Waals surface area contributed by atoms with Gasteiger partial charge < -0.3 is 5.11 Å². The molecule has 1 saturated carbocycles. The lowest BCUT2D eigenvalue weighted by atomic mass is 10.1. The highest BCUT2D eigenvalue weighted by Gasteiger charge is 2.30.